The van der Waals surface area contributed by atoms with E-state index in [1.54, 1.807) is 16.8 Å². The third kappa shape index (κ3) is 1.86. The molecule has 0 amide bonds. The Hall–Kier alpha value is -1.02. The van der Waals surface area contributed by atoms with Gasteiger partial charge in [-0.05, 0) is 18.3 Å². The number of aliphatic hydroxyl groups is 1. The lowest BCUT2D eigenvalue weighted by atomic mass is 10.2. The number of anilines is 1. The minimum absolute atomic E-state index is 0.271. The molecule has 0 aliphatic carbocycles. The highest BCUT2D eigenvalue weighted by Crippen LogP contribution is 2.23. The number of nitrogens with two attached hydrogens (primary N) is 2. The van der Waals surface area contributed by atoms with Gasteiger partial charge < -0.3 is 21.3 Å². The van der Waals surface area contributed by atoms with Crippen LogP contribution in [0.3, 0.4) is 0 Å². The smallest absolute Gasteiger partial charge is 0.203 e. The van der Waals surface area contributed by atoms with E-state index >= 15 is 0 Å². The summed E-state index contributed by atoms with van der Waals surface area (Å²) in [5.74, 6) is 0.341. The summed E-state index contributed by atoms with van der Waals surface area (Å²) in [6.07, 6.45) is 0.291. The number of nitrogen functional groups attached to an aromatic ring is 1. The van der Waals surface area contributed by atoms with Crippen LogP contribution in [-0.4, -0.2) is 33.4 Å². The highest BCUT2D eigenvalue weighted by Gasteiger charge is 2.34. The summed E-state index contributed by atoms with van der Waals surface area (Å²) >= 11 is 5.01. The van der Waals surface area contributed by atoms with Gasteiger partial charge in [0, 0.05) is 6.20 Å². The van der Waals surface area contributed by atoms with Crippen molar-refractivity contribution in [2.45, 2.75) is 18.4 Å². The molecule has 1 saturated heterocycles. The monoisotopic (exact) mass is 228 g/mol. The first-order valence-electron chi connectivity index (χ1n) is 4.49. The Kier molecular flexibility index (Phi) is 2.70. The van der Waals surface area contributed by atoms with Gasteiger partial charge in [-0.25, -0.2) is 4.98 Å². The summed E-state index contributed by atoms with van der Waals surface area (Å²) in [5.41, 5.74) is 11.1. The van der Waals surface area contributed by atoms with Crippen molar-refractivity contribution in [1.29, 1.82) is 0 Å². The van der Waals surface area contributed by atoms with Crippen molar-refractivity contribution in [3.63, 3.8) is 0 Å². The van der Waals surface area contributed by atoms with Gasteiger partial charge in [-0.3, -0.25) is 4.57 Å². The first kappa shape index (κ1) is 10.5. The molecule has 6 nitrogen and oxygen atoms in total. The van der Waals surface area contributed by atoms with Crippen molar-refractivity contribution >= 4 is 18.0 Å². The van der Waals surface area contributed by atoms with Gasteiger partial charge in [0.15, 0.2) is 6.23 Å². The minimum Gasteiger partial charge on any atom is -0.387 e. The Morgan fingerprint density at radius 1 is 1.67 bits per heavy atom. The van der Waals surface area contributed by atoms with Crippen LogP contribution in [0.5, 0.6) is 0 Å². The molecule has 3 atom stereocenters. The molecule has 0 saturated carbocycles. The Balaban J connectivity index is 2.34. The lowest BCUT2D eigenvalue weighted by Gasteiger charge is -2.18. The molecular formula is C8H12N4O2S. The van der Waals surface area contributed by atoms with Crippen molar-refractivity contribution in [3.05, 3.63) is 17.0 Å². The fourth-order valence-electron chi connectivity index (χ4n) is 1.48. The molecule has 15 heavy (non-hydrogen) atoms. The van der Waals surface area contributed by atoms with Crippen LogP contribution in [0.4, 0.5) is 5.82 Å². The molecule has 2 heterocycles. The SMILES string of the molecule is Nc1ccn([C@H]2OC[C@H](N)[C@H]2O)c(=S)n1. The second kappa shape index (κ2) is 3.86. The Bertz CT molecular complexity index is 421. The van der Waals surface area contributed by atoms with Crippen molar-refractivity contribution < 1.29 is 9.84 Å². The van der Waals surface area contributed by atoms with E-state index in [2.05, 4.69) is 4.98 Å². The third-order valence-electron chi connectivity index (χ3n) is 2.32. The van der Waals surface area contributed by atoms with Crippen LogP contribution in [-0.2, 0) is 4.74 Å². The first-order chi connectivity index (χ1) is 7.09. The minimum atomic E-state index is -0.776. The van der Waals surface area contributed by atoms with Gasteiger partial charge in [-0.15, -0.1) is 0 Å². The fraction of sp³-hybridized carbons (Fsp3) is 0.500. The van der Waals surface area contributed by atoms with Crippen molar-refractivity contribution in [2.24, 2.45) is 5.73 Å². The van der Waals surface area contributed by atoms with E-state index in [4.69, 9.17) is 28.4 Å². The standard InChI is InChI=1S/C8H12N4O2S/c9-4-3-14-7(6(4)13)12-2-1-5(10)11-8(12)15/h1-2,4,6-7,13H,3,9H2,(H2,10,11,15)/t4-,6+,7-/m0/s1. The zero-order valence-electron chi connectivity index (χ0n) is 7.91. The van der Waals surface area contributed by atoms with Crippen LogP contribution >= 0.6 is 12.2 Å². The number of nitrogens with zero attached hydrogens (tertiary/aromatic N) is 2. The van der Waals surface area contributed by atoms with Crippen molar-refractivity contribution in [2.75, 3.05) is 12.3 Å². The van der Waals surface area contributed by atoms with Crippen LogP contribution < -0.4 is 11.5 Å². The van der Waals surface area contributed by atoms with E-state index < -0.39 is 18.4 Å². The second-order valence-electron chi connectivity index (χ2n) is 3.42. The van der Waals surface area contributed by atoms with Crippen LogP contribution in [0.1, 0.15) is 6.23 Å². The molecule has 1 aliphatic rings. The molecule has 1 aromatic rings. The molecule has 7 heteroatoms. The molecule has 0 radical (unpaired) electrons. The van der Waals surface area contributed by atoms with Crippen LogP contribution in [0.15, 0.2) is 12.3 Å². The zero-order valence-corrected chi connectivity index (χ0v) is 8.72. The second-order valence-corrected chi connectivity index (χ2v) is 3.79. The lowest BCUT2D eigenvalue weighted by molar-refractivity contribution is -0.0112. The maximum atomic E-state index is 9.73. The number of ether oxygens (including phenoxy) is 1. The fourth-order valence-corrected chi connectivity index (χ4v) is 1.75. The molecule has 1 fully saturated rings. The van der Waals surface area contributed by atoms with E-state index in [-0.39, 0.29) is 4.77 Å². The lowest BCUT2D eigenvalue weighted by Crippen LogP contribution is -2.35. The Labute approximate surface area is 91.5 Å². The molecule has 1 aromatic heterocycles. The van der Waals surface area contributed by atoms with Crippen LogP contribution in [0, 0.1) is 4.77 Å². The molecular weight excluding hydrogens is 216 g/mol. The molecule has 82 valence electrons. The summed E-state index contributed by atoms with van der Waals surface area (Å²) in [4.78, 5) is 3.90. The number of aliphatic hydroxyl groups excluding tert-OH is 1. The predicted molar refractivity (Wildman–Crippen MR) is 56.4 cm³/mol. The summed E-state index contributed by atoms with van der Waals surface area (Å²) in [6, 6.07) is 1.20. The number of aromatic nitrogens is 2. The molecule has 0 spiro atoms. The van der Waals surface area contributed by atoms with E-state index in [0.717, 1.165) is 0 Å². The maximum absolute atomic E-state index is 9.73. The largest absolute Gasteiger partial charge is 0.387 e. The predicted octanol–water partition coefficient (Wildman–Crippen LogP) is -0.588. The van der Waals surface area contributed by atoms with Gasteiger partial charge in [0.1, 0.15) is 11.9 Å². The van der Waals surface area contributed by atoms with E-state index in [1.165, 1.54) is 0 Å². The molecule has 0 bridgehead atoms. The first-order valence-corrected chi connectivity index (χ1v) is 4.90. The summed E-state index contributed by atoms with van der Waals surface area (Å²) in [7, 11) is 0. The number of hydrogen-bond acceptors (Lipinski definition) is 6. The van der Waals surface area contributed by atoms with Gasteiger partial charge >= 0.3 is 0 Å². The van der Waals surface area contributed by atoms with Gasteiger partial charge in [0.25, 0.3) is 0 Å². The Morgan fingerprint density at radius 3 is 2.93 bits per heavy atom. The van der Waals surface area contributed by atoms with Crippen molar-refractivity contribution in [3.8, 4) is 0 Å². The summed E-state index contributed by atoms with van der Waals surface area (Å²) in [6.45, 7) is 0.304. The maximum Gasteiger partial charge on any atom is 0.203 e. The quantitative estimate of drug-likeness (QED) is 0.556. The zero-order chi connectivity index (χ0) is 11.0. The Morgan fingerprint density at radius 2 is 2.40 bits per heavy atom. The average molecular weight is 228 g/mol. The van der Waals surface area contributed by atoms with E-state index in [9.17, 15) is 5.11 Å². The molecule has 2 rings (SSSR count). The highest BCUT2D eigenvalue weighted by molar-refractivity contribution is 7.71. The third-order valence-corrected chi connectivity index (χ3v) is 2.62. The average Bonchev–Trinajstić information content (AvgIpc) is 2.49. The highest BCUT2D eigenvalue weighted by atomic mass is 32.1. The summed E-state index contributed by atoms with van der Waals surface area (Å²) in [5, 5.41) is 9.73. The van der Waals surface area contributed by atoms with E-state index in [0.29, 0.717) is 12.4 Å². The summed E-state index contributed by atoms with van der Waals surface area (Å²) < 4.78 is 7.14. The molecule has 1 aliphatic heterocycles. The number of rotatable bonds is 1. The van der Waals surface area contributed by atoms with Crippen LogP contribution in [0.25, 0.3) is 0 Å². The van der Waals surface area contributed by atoms with E-state index in [1.807, 2.05) is 0 Å². The van der Waals surface area contributed by atoms with Gasteiger partial charge in [-0.1, -0.05) is 0 Å². The van der Waals surface area contributed by atoms with Gasteiger partial charge in [0.2, 0.25) is 4.77 Å². The van der Waals surface area contributed by atoms with Gasteiger partial charge in [-0.2, -0.15) is 0 Å². The van der Waals surface area contributed by atoms with Crippen molar-refractivity contribution in [1.82, 2.24) is 9.55 Å². The normalized spacial score (nSPS) is 30.7. The topological polar surface area (TPSA) is 99.3 Å². The molecule has 0 aromatic carbocycles. The molecule has 0 unspecified atom stereocenters. The molecule has 5 N–H and O–H groups in total. The van der Waals surface area contributed by atoms with Crippen LogP contribution in [0.2, 0.25) is 0 Å². The van der Waals surface area contributed by atoms with Gasteiger partial charge in [0.05, 0.1) is 12.6 Å². The number of hydrogen-bond donors (Lipinski definition) is 3.